The fraction of sp³-hybridized carbons (Fsp3) is 0.619. The molecular formula is C21H30N4O2. The number of nitrogens with zero attached hydrogens (tertiary/aromatic N) is 3. The SMILES string of the molecule is c1cc(NC2CCCCCC2)c2cc(OCCN3CCOCC3)ncc2n1. The van der Waals surface area contributed by atoms with Crippen LogP contribution in [0, 0.1) is 0 Å². The van der Waals surface area contributed by atoms with Gasteiger partial charge in [-0.05, 0) is 18.9 Å². The number of pyridine rings is 2. The number of rotatable bonds is 6. The summed E-state index contributed by atoms with van der Waals surface area (Å²) in [6.45, 7) is 5.14. The van der Waals surface area contributed by atoms with Crippen molar-refractivity contribution in [3.05, 3.63) is 24.5 Å². The van der Waals surface area contributed by atoms with Gasteiger partial charge in [0.1, 0.15) is 6.61 Å². The maximum atomic E-state index is 5.93. The highest BCUT2D eigenvalue weighted by atomic mass is 16.5. The molecule has 2 aromatic rings. The molecule has 27 heavy (non-hydrogen) atoms. The van der Waals surface area contributed by atoms with Crippen molar-refractivity contribution in [1.29, 1.82) is 0 Å². The highest BCUT2D eigenvalue weighted by molar-refractivity contribution is 5.91. The number of aromatic nitrogens is 2. The minimum Gasteiger partial charge on any atom is -0.476 e. The molecule has 0 unspecified atom stereocenters. The topological polar surface area (TPSA) is 59.5 Å². The maximum absolute atomic E-state index is 5.93. The van der Waals surface area contributed by atoms with E-state index in [4.69, 9.17) is 9.47 Å². The molecule has 4 rings (SSSR count). The number of morpholine rings is 1. The Kier molecular flexibility index (Phi) is 6.37. The smallest absolute Gasteiger partial charge is 0.214 e. The van der Waals surface area contributed by atoms with Crippen LogP contribution in [0.15, 0.2) is 24.5 Å². The van der Waals surface area contributed by atoms with Crippen molar-refractivity contribution in [1.82, 2.24) is 14.9 Å². The first-order chi connectivity index (χ1) is 13.4. The van der Waals surface area contributed by atoms with E-state index in [0.29, 0.717) is 18.5 Å². The normalized spacial score (nSPS) is 19.7. The van der Waals surface area contributed by atoms with Gasteiger partial charge < -0.3 is 14.8 Å². The van der Waals surface area contributed by atoms with Gasteiger partial charge in [-0.3, -0.25) is 9.88 Å². The molecule has 6 heteroatoms. The van der Waals surface area contributed by atoms with Crippen molar-refractivity contribution in [3.8, 4) is 5.88 Å². The van der Waals surface area contributed by atoms with E-state index in [1.54, 1.807) is 0 Å². The quantitative estimate of drug-likeness (QED) is 0.786. The molecule has 146 valence electrons. The summed E-state index contributed by atoms with van der Waals surface area (Å²) in [6, 6.07) is 4.66. The Balaban J connectivity index is 1.42. The summed E-state index contributed by atoms with van der Waals surface area (Å²) >= 11 is 0. The van der Waals surface area contributed by atoms with Gasteiger partial charge in [0, 0.05) is 49.0 Å². The van der Waals surface area contributed by atoms with Crippen LogP contribution in [-0.2, 0) is 4.74 Å². The third-order valence-electron chi connectivity index (χ3n) is 5.58. The zero-order valence-electron chi connectivity index (χ0n) is 16.0. The minimum absolute atomic E-state index is 0.553. The fourth-order valence-corrected chi connectivity index (χ4v) is 3.98. The van der Waals surface area contributed by atoms with Crippen molar-refractivity contribution in [2.75, 3.05) is 44.8 Å². The van der Waals surface area contributed by atoms with Gasteiger partial charge in [-0.25, -0.2) is 4.98 Å². The van der Waals surface area contributed by atoms with Gasteiger partial charge in [0.25, 0.3) is 0 Å². The van der Waals surface area contributed by atoms with Gasteiger partial charge >= 0.3 is 0 Å². The van der Waals surface area contributed by atoms with E-state index in [2.05, 4.69) is 26.3 Å². The van der Waals surface area contributed by atoms with E-state index < -0.39 is 0 Å². The Morgan fingerprint density at radius 2 is 1.93 bits per heavy atom. The standard InChI is InChI=1S/C21H30N4O2/c1-2-4-6-17(5-3-1)24-19-7-8-22-20-16-23-21(15-18(19)20)27-14-11-25-9-12-26-13-10-25/h7-8,15-17H,1-6,9-14H2,(H,22,24). The number of anilines is 1. The van der Waals surface area contributed by atoms with Crippen molar-refractivity contribution in [2.45, 2.75) is 44.6 Å². The van der Waals surface area contributed by atoms with Crippen LogP contribution in [0.3, 0.4) is 0 Å². The summed E-state index contributed by atoms with van der Waals surface area (Å²) < 4.78 is 11.3. The summed E-state index contributed by atoms with van der Waals surface area (Å²) in [7, 11) is 0. The van der Waals surface area contributed by atoms with Crippen LogP contribution in [-0.4, -0.2) is 60.4 Å². The molecule has 0 amide bonds. The van der Waals surface area contributed by atoms with E-state index in [-0.39, 0.29) is 0 Å². The largest absolute Gasteiger partial charge is 0.476 e. The van der Waals surface area contributed by atoms with E-state index in [9.17, 15) is 0 Å². The predicted molar refractivity (Wildman–Crippen MR) is 107 cm³/mol. The average molecular weight is 370 g/mol. The second-order valence-corrected chi connectivity index (χ2v) is 7.53. The second kappa shape index (κ2) is 9.33. The molecule has 2 fully saturated rings. The molecule has 0 radical (unpaired) electrons. The van der Waals surface area contributed by atoms with Crippen molar-refractivity contribution in [2.24, 2.45) is 0 Å². The number of hydrogen-bond donors (Lipinski definition) is 1. The molecule has 2 aromatic heterocycles. The van der Waals surface area contributed by atoms with E-state index in [1.165, 1.54) is 38.5 Å². The van der Waals surface area contributed by atoms with Gasteiger partial charge in [0.2, 0.25) is 5.88 Å². The molecule has 1 aliphatic carbocycles. The number of hydrogen-bond acceptors (Lipinski definition) is 6. The van der Waals surface area contributed by atoms with Gasteiger partial charge in [0.05, 0.1) is 24.9 Å². The summed E-state index contributed by atoms with van der Waals surface area (Å²) in [5, 5.41) is 4.85. The van der Waals surface area contributed by atoms with Crippen LogP contribution in [0.1, 0.15) is 38.5 Å². The second-order valence-electron chi connectivity index (χ2n) is 7.53. The van der Waals surface area contributed by atoms with Crippen LogP contribution < -0.4 is 10.1 Å². The lowest BCUT2D eigenvalue weighted by Crippen LogP contribution is -2.38. The molecule has 6 nitrogen and oxygen atoms in total. The molecular weight excluding hydrogens is 340 g/mol. The molecule has 0 aromatic carbocycles. The first-order valence-electron chi connectivity index (χ1n) is 10.3. The summed E-state index contributed by atoms with van der Waals surface area (Å²) in [5.41, 5.74) is 2.06. The van der Waals surface area contributed by atoms with Crippen LogP contribution >= 0.6 is 0 Å². The lowest BCUT2D eigenvalue weighted by molar-refractivity contribution is 0.0320. The van der Waals surface area contributed by atoms with Gasteiger partial charge in [0.15, 0.2) is 0 Å². The van der Waals surface area contributed by atoms with E-state index >= 15 is 0 Å². The molecule has 3 heterocycles. The number of fused-ring (bicyclic) bond motifs is 1. The van der Waals surface area contributed by atoms with Gasteiger partial charge in [-0.15, -0.1) is 0 Å². The lowest BCUT2D eigenvalue weighted by atomic mass is 10.1. The van der Waals surface area contributed by atoms with Gasteiger partial charge in [-0.2, -0.15) is 0 Å². The number of nitrogens with one attached hydrogen (secondary N) is 1. The molecule has 0 bridgehead atoms. The minimum atomic E-state index is 0.553. The van der Waals surface area contributed by atoms with Crippen molar-refractivity contribution in [3.63, 3.8) is 0 Å². The fourth-order valence-electron chi connectivity index (χ4n) is 3.98. The number of ether oxygens (including phenoxy) is 2. The zero-order valence-corrected chi connectivity index (χ0v) is 16.0. The molecule has 1 aliphatic heterocycles. The van der Waals surface area contributed by atoms with Crippen LogP contribution in [0.25, 0.3) is 10.9 Å². The summed E-state index contributed by atoms with van der Waals surface area (Å²) in [4.78, 5) is 11.3. The van der Waals surface area contributed by atoms with Gasteiger partial charge in [-0.1, -0.05) is 25.7 Å². The average Bonchev–Trinajstić information content (AvgIpc) is 2.98. The Labute approximate surface area is 161 Å². The van der Waals surface area contributed by atoms with Crippen LogP contribution in [0.4, 0.5) is 5.69 Å². The van der Waals surface area contributed by atoms with Crippen LogP contribution in [0.5, 0.6) is 5.88 Å². The summed E-state index contributed by atoms with van der Waals surface area (Å²) in [6.07, 6.45) is 11.5. The monoisotopic (exact) mass is 370 g/mol. The molecule has 1 saturated carbocycles. The third kappa shape index (κ3) is 5.08. The third-order valence-corrected chi connectivity index (χ3v) is 5.58. The molecule has 1 N–H and O–H groups in total. The van der Waals surface area contributed by atoms with E-state index in [1.807, 2.05) is 18.5 Å². The van der Waals surface area contributed by atoms with Crippen LogP contribution in [0.2, 0.25) is 0 Å². The Morgan fingerprint density at radius 1 is 1.11 bits per heavy atom. The summed E-state index contributed by atoms with van der Waals surface area (Å²) in [5.74, 6) is 0.674. The molecule has 0 spiro atoms. The maximum Gasteiger partial charge on any atom is 0.214 e. The Morgan fingerprint density at radius 3 is 2.74 bits per heavy atom. The molecule has 1 saturated heterocycles. The predicted octanol–water partition coefficient (Wildman–Crippen LogP) is 3.48. The molecule has 2 aliphatic rings. The van der Waals surface area contributed by atoms with Crippen molar-refractivity contribution >= 4 is 16.6 Å². The highest BCUT2D eigenvalue weighted by Gasteiger charge is 2.14. The van der Waals surface area contributed by atoms with Crippen molar-refractivity contribution < 1.29 is 9.47 Å². The Bertz CT molecular complexity index is 725. The van der Waals surface area contributed by atoms with E-state index in [0.717, 1.165) is 49.4 Å². The highest BCUT2D eigenvalue weighted by Crippen LogP contribution is 2.27. The lowest BCUT2D eigenvalue weighted by Gasteiger charge is -2.26. The first-order valence-corrected chi connectivity index (χ1v) is 10.3. The first kappa shape index (κ1) is 18.4. The Hall–Kier alpha value is -1.92. The molecule has 0 atom stereocenters. The zero-order chi connectivity index (χ0) is 18.3.